The van der Waals surface area contributed by atoms with E-state index in [1.807, 2.05) is 27.0 Å². The number of carbonyl (C=O) groups excluding carboxylic acids is 1. The Morgan fingerprint density at radius 2 is 1.93 bits per heavy atom. The number of pyridine rings is 1. The van der Waals surface area contributed by atoms with Gasteiger partial charge in [-0.2, -0.15) is 10.2 Å². The van der Waals surface area contributed by atoms with Crippen molar-refractivity contribution >= 4 is 22.6 Å². The van der Waals surface area contributed by atoms with Gasteiger partial charge in [-0.25, -0.2) is 14.1 Å². The Hall–Kier alpha value is -3.55. The van der Waals surface area contributed by atoms with E-state index in [2.05, 4.69) is 20.5 Å². The fraction of sp³-hybridized carbons (Fsp3) is 0.200. The van der Waals surface area contributed by atoms with E-state index in [4.69, 9.17) is 0 Å². The molecule has 0 unspecified atom stereocenters. The van der Waals surface area contributed by atoms with E-state index < -0.39 is 0 Å². The first-order valence-electron chi connectivity index (χ1n) is 8.80. The SMILES string of the molecule is Cc1nn(CC(=O)Nc2cnn(C)c2C)c2nccc(-c3ccc(F)cc3)c12. The topological polar surface area (TPSA) is 77.6 Å². The van der Waals surface area contributed by atoms with Gasteiger partial charge in [0, 0.05) is 18.6 Å². The molecule has 0 aliphatic rings. The van der Waals surface area contributed by atoms with Crippen molar-refractivity contribution in [3.05, 3.63) is 59.9 Å². The van der Waals surface area contributed by atoms with Gasteiger partial charge in [0.1, 0.15) is 12.4 Å². The fourth-order valence-corrected chi connectivity index (χ4v) is 3.21. The Kier molecular flexibility index (Phi) is 4.38. The van der Waals surface area contributed by atoms with Crippen LogP contribution in [0.25, 0.3) is 22.2 Å². The number of halogens is 1. The van der Waals surface area contributed by atoms with Crippen molar-refractivity contribution in [3.8, 4) is 11.1 Å². The Morgan fingerprint density at radius 1 is 1.18 bits per heavy atom. The highest BCUT2D eigenvalue weighted by atomic mass is 19.1. The summed E-state index contributed by atoms with van der Waals surface area (Å²) < 4.78 is 16.5. The largest absolute Gasteiger partial charge is 0.322 e. The highest BCUT2D eigenvalue weighted by Crippen LogP contribution is 2.30. The number of benzene rings is 1. The number of anilines is 1. The average molecular weight is 378 g/mol. The van der Waals surface area contributed by atoms with E-state index in [1.54, 1.807) is 33.9 Å². The maximum Gasteiger partial charge on any atom is 0.246 e. The molecule has 0 aliphatic heterocycles. The van der Waals surface area contributed by atoms with Crippen LogP contribution in [0.2, 0.25) is 0 Å². The van der Waals surface area contributed by atoms with E-state index in [0.29, 0.717) is 11.3 Å². The molecule has 0 atom stereocenters. The highest BCUT2D eigenvalue weighted by molar-refractivity contribution is 5.96. The second-order valence-electron chi connectivity index (χ2n) is 6.62. The zero-order chi connectivity index (χ0) is 19.8. The summed E-state index contributed by atoms with van der Waals surface area (Å²) in [5.74, 6) is -0.502. The molecule has 0 spiro atoms. The maximum absolute atomic E-state index is 13.3. The van der Waals surface area contributed by atoms with Crippen molar-refractivity contribution in [1.29, 1.82) is 0 Å². The molecule has 0 saturated carbocycles. The standard InChI is InChI=1S/C20H19FN6O/c1-12-19-16(14-4-6-15(21)7-5-14)8-9-22-20(19)27(25-12)11-18(28)24-17-10-23-26(3)13(17)2/h4-10H,11H2,1-3H3,(H,24,28). The molecule has 0 saturated heterocycles. The number of rotatable bonds is 4. The van der Waals surface area contributed by atoms with Crippen molar-refractivity contribution < 1.29 is 9.18 Å². The molecule has 1 aromatic carbocycles. The molecular weight excluding hydrogens is 359 g/mol. The number of carbonyl (C=O) groups is 1. The van der Waals surface area contributed by atoms with Crippen molar-refractivity contribution in [2.24, 2.45) is 7.05 Å². The molecule has 1 N–H and O–H groups in total. The van der Waals surface area contributed by atoms with Crippen molar-refractivity contribution in [2.45, 2.75) is 20.4 Å². The zero-order valence-electron chi connectivity index (χ0n) is 15.8. The zero-order valence-corrected chi connectivity index (χ0v) is 15.8. The molecule has 4 aromatic rings. The van der Waals surface area contributed by atoms with Gasteiger partial charge in [0.05, 0.1) is 23.3 Å². The highest BCUT2D eigenvalue weighted by Gasteiger charge is 2.17. The fourth-order valence-electron chi connectivity index (χ4n) is 3.21. The van der Waals surface area contributed by atoms with Gasteiger partial charge in [0.2, 0.25) is 5.91 Å². The Morgan fingerprint density at radius 3 is 2.61 bits per heavy atom. The van der Waals surface area contributed by atoms with Crippen molar-refractivity contribution in [2.75, 3.05) is 5.32 Å². The molecule has 142 valence electrons. The van der Waals surface area contributed by atoms with E-state index in [-0.39, 0.29) is 18.3 Å². The van der Waals surface area contributed by atoms with E-state index in [0.717, 1.165) is 27.9 Å². The minimum Gasteiger partial charge on any atom is -0.322 e. The minimum atomic E-state index is -0.288. The van der Waals surface area contributed by atoms with Crippen LogP contribution in [0.1, 0.15) is 11.4 Å². The quantitative estimate of drug-likeness (QED) is 0.591. The first-order valence-corrected chi connectivity index (χ1v) is 8.80. The van der Waals surface area contributed by atoms with Crippen LogP contribution in [-0.4, -0.2) is 30.5 Å². The summed E-state index contributed by atoms with van der Waals surface area (Å²) in [5.41, 5.74) is 4.67. The third kappa shape index (κ3) is 3.13. The summed E-state index contributed by atoms with van der Waals surface area (Å²) in [4.78, 5) is 16.9. The van der Waals surface area contributed by atoms with Crippen LogP contribution in [0.5, 0.6) is 0 Å². The molecule has 0 aliphatic carbocycles. The van der Waals surface area contributed by atoms with Crippen LogP contribution in [0.3, 0.4) is 0 Å². The number of amides is 1. The monoisotopic (exact) mass is 378 g/mol. The van der Waals surface area contributed by atoms with Gasteiger partial charge in [0.15, 0.2) is 5.65 Å². The Bertz CT molecular complexity index is 1180. The van der Waals surface area contributed by atoms with Crippen LogP contribution in [-0.2, 0) is 18.4 Å². The number of nitrogens with one attached hydrogen (secondary N) is 1. The first kappa shape index (κ1) is 17.8. The molecule has 3 aromatic heterocycles. The molecule has 4 rings (SSSR count). The summed E-state index contributed by atoms with van der Waals surface area (Å²) in [5, 5.41) is 12.3. The second-order valence-corrected chi connectivity index (χ2v) is 6.62. The minimum absolute atomic E-state index is 0.0263. The summed E-state index contributed by atoms with van der Waals surface area (Å²) in [6, 6.07) is 8.15. The van der Waals surface area contributed by atoms with Crippen molar-refractivity contribution in [1.82, 2.24) is 24.5 Å². The van der Waals surface area contributed by atoms with Crippen LogP contribution in [0.15, 0.2) is 42.7 Å². The molecular formula is C20H19FN6O. The lowest BCUT2D eigenvalue weighted by molar-refractivity contribution is -0.116. The molecule has 0 radical (unpaired) electrons. The third-order valence-electron chi connectivity index (χ3n) is 4.77. The van der Waals surface area contributed by atoms with E-state index in [1.165, 1.54) is 12.1 Å². The molecule has 8 heteroatoms. The van der Waals surface area contributed by atoms with Gasteiger partial charge >= 0.3 is 0 Å². The number of hydrogen-bond donors (Lipinski definition) is 1. The summed E-state index contributed by atoms with van der Waals surface area (Å²) in [7, 11) is 1.82. The summed E-state index contributed by atoms with van der Waals surface area (Å²) in [6.45, 7) is 3.78. The average Bonchev–Trinajstić information content (AvgIpc) is 3.16. The van der Waals surface area contributed by atoms with Crippen molar-refractivity contribution in [3.63, 3.8) is 0 Å². The number of fused-ring (bicyclic) bond motifs is 1. The molecule has 3 heterocycles. The Balaban J connectivity index is 1.67. The summed E-state index contributed by atoms with van der Waals surface area (Å²) >= 11 is 0. The van der Waals surface area contributed by atoms with Crippen LogP contribution in [0.4, 0.5) is 10.1 Å². The van der Waals surface area contributed by atoms with E-state index in [9.17, 15) is 9.18 Å². The van der Waals surface area contributed by atoms with E-state index >= 15 is 0 Å². The predicted molar refractivity (Wildman–Crippen MR) is 104 cm³/mol. The molecule has 0 bridgehead atoms. The van der Waals surface area contributed by atoms with Gasteiger partial charge in [-0.1, -0.05) is 12.1 Å². The molecule has 7 nitrogen and oxygen atoms in total. The van der Waals surface area contributed by atoms with Gasteiger partial charge in [-0.3, -0.25) is 9.48 Å². The van der Waals surface area contributed by atoms with Crippen LogP contribution in [0, 0.1) is 19.7 Å². The van der Waals surface area contributed by atoms with Gasteiger partial charge in [-0.15, -0.1) is 0 Å². The lowest BCUT2D eigenvalue weighted by atomic mass is 10.0. The number of aromatic nitrogens is 5. The first-order chi connectivity index (χ1) is 13.4. The number of hydrogen-bond acceptors (Lipinski definition) is 4. The smallest absolute Gasteiger partial charge is 0.246 e. The van der Waals surface area contributed by atoms with Crippen LogP contribution >= 0.6 is 0 Å². The Labute approximate surface area is 160 Å². The van der Waals surface area contributed by atoms with Gasteiger partial charge in [0.25, 0.3) is 0 Å². The third-order valence-corrected chi connectivity index (χ3v) is 4.77. The van der Waals surface area contributed by atoms with Gasteiger partial charge in [-0.05, 0) is 43.2 Å². The number of nitrogens with zero attached hydrogens (tertiary/aromatic N) is 5. The second kappa shape index (κ2) is 6.88. The lowest BCUT2D eigenvalue weighted by Gasteiger charge is -2.07. The number of aryl methyl sites for hydroxylation is 2. The summed E-state index contributed by atoms with van der Waals surface area (Å²) in [6.07, 6.45) is 3.28. The lowest BCUT2D eigenvalue weighted by Crippen LogP contribution is -2.20. The molecule has 1 amide bonds. The van der Waals surface area contributed by atoms with Crippen LogP contribution < -0.4 is 5.32 Å². The molecule has 28 heavy (non-hydrogen) atoms. The normalized spacial score (nSPS) is 11.1. The van der Waals surface area contributed by atoms with Gasteiger partial charge < -0.3 is 5.32 Å². The molecule has 0 fully saturated rings. The predicted octanol–water partition coefficient (Wildman–Crippen LogP) is 3.23. The maximum atomic E-state index is 13.3.